The van der Waals surface area contributed by atoms with E-state index in [4.69, 9.17) is 4.98 Å². The van der Waals surface area contributed by atoms with Crippen molar-refractivity contribution in [1.29, 1.82) is 0 Å². The Labute approximate surface area is 194 Å². The number of hydrogen-bond acceptors (Lipinski definition) is 4. The van der Waals surface area contributed by atoms with Gasteiger partial charge in [0.1, 0.15) is 0 Å². The number of likely N-dealkylation sites (tertiary alicyclic amines) is 1. The zero-order valence-electron chi connectivity index (χ0n) is 18.8. The average Bonchev–Trinajstić information content (AvgIpc) is 3.58. The van der Waals surface area contributed by atoms with Gasteiger partial charge in [-0.2, -0.15) is 0 Å². The molecule has 1 aromatic heterocycles. The Kier molecular flexibility index (Phi) is 6.35. The second kappa shape index (κ2) is 9.71. The molecule has 6 heteroatoms. The summed E-state index contributed by atoms with van der Waals surface area (Å²) in [6, 6.07) is 17.2. The maximum Gasteiger partial charge on any atom is 0.252 e. The Bertz CT molecular complexity index is 1150. The van der Waals surface area contributed by atoms with Gasteiger partial charge in [0.2, 0.25) is 0 Å². The summed E-state index contributed by atoms with van der Waals surface area (Å²) >= 11 is 0. The van der Waals surface area contributed by atoms with Gasteiger partial charge >= 0.3 is 0 Å². The lowest BCUT2D eigenvalue weighted by molar-refractivity contribution is 0.0941. The molecule has 2 fully saturated rings. The van der Waals surface area contributed by atoms with Crippen molar-refractivity contribution in [1.82, 2.24) is 20.5 Å². The van der Waals surface area contributed by atoms with E-state index in [1.807, 2.05) is 54.6 Å². The third kappa shape index (κ3) is 5.22. The second-order valence-electron chi connectivity index (χ2n) is 9.07. The normalized spacial score (nSPS) is 16.1. The van der Waals surface area contributed by atoms with Crippen LogP contribution >= 0.6 is 0 Å². The molecule has 2 aliphatic rings. The van der Waals surface area contributed by atoms with Gasteiger partial charge in [-0.1, -0.05) is 30.3 Å². The molecular weight excluding hydrogens is 412 g/mol. The quantitative estimate of drug-likeness (QED) is 0.555. The van der Waals surface area contributed by atoms with E-state index in [-0.39, 0.29) is 11.8 Å². The van der Waals surface area contributed by atoms with E-state index in [0.29, 0.717) is 30.1 Å². The number of aromatic nitrogens is 1. The van der Waals surface area contributed by atoms with Crippen LogP contribution in [0, 0.1) is 0 Å². The highest BCUT2D eigenvalue weighted by molar-refractivity contribution is 6.06. The van der Waals surface area contributed by atoms with E-state index >= 15 is 0 Å². The van der Waals surface area contributed by atoms with Gasteiger partial charge in [0.25, 0.3) is 11.8 Å². The zero-order valence-corrected chi connectivity index (χ0v) is 18.8. The van der Waals surface area contributed by atoms with Crippen molar-refractivity contribution in [3.63, 3.8) is 0 Å². The molecule has 3 aromatic rings. The smallest absolute Gasteiger partial charge is 0.252 e. The number of benzene rings is 2. The number of nitrogens with zero attached hydrogens (tertiary/aromatic N) is 2. The SMILES string of the molecule is O=C(NCCN1CCCC1)c1ccc(CNC(=O)c2cc(C3CC3)nc3ccccc23)cc1. The minimum Gasteiger partial charge on any atom is -0.351 e. The number of hydrogen-bond donors (Lipinski definition) is 2. The molecular formula is C27H30N4O2. The molecule has 33 heavy (non-hydrogen) atoms. The van der Waals surface area contributed by atoms with E-state index in [0.717, 1.165) is 54.6 Å². The van der Waals surface area contributed by atoms with Crippen molar-refractivity contribution in [3.05, 3.63) is 77.0 Å². The average molecular weight is 443 g/mol. The number of carbonyl (C=O) groups is 2. The highest BCUT2D eigenvalue weighted by atomic mass is 16.2. The van der Waals surface area contributed by atoms with Crippen LogP contribution in [0.15, 0.2) is 54.6 Å². The summed E-state index contributed by atoms with van der Waals surface area (Å²) in [5, 5.41) is 6.91. The van der Waals surface area contributed by atoms with Gasteiger partial charge in [-0.05, 0) is 68.6 Å². The van der Waals surface area contributed by atoms with Gasteiger partial charge in [0, 0.05) is 42.2 Å². The third-order valence-electron chi connectivity index (χ3n) is 6.56. The maximum atomic E-state index is 13.0. The molecule has 1 saturated carbocycles. The summed E-state index contributed by atoms with van der Waals surface area (Å²) in [7, 11) is 0. The number of carbonyl (C=O) groups excluding carboxylic acids is 2. The first kappa shape index (κ1) is 21.6. The van der Waals surface area contributed by atoms with Gasteiger partial charge in [-0.15, -0.1) is 0 Å². The fraction of sp³-hybridized carbons (Fsp3) is 0.370. The van der Waals surface area contributed by atoms with E-state index in [9.17, 15) is 9.59 Å². The molecule has 0 atom stereocenters. The molecule has 2 aromatic carbocycles. The first-order chi connectivity index (χ1) is 16.2. The van der Waals surface area contributed by atoms with Gasteiger partial charge in [-0.25, -0.2) is 0 Å². The van der Waals surface area contributed by atoms with Gasteiger partial charge in [-0.3, -0.25) is 14.6 Å². The molecule has 0 unspecified atom stereocenters. The van der Waals surface area contributed by atoms with Crippen LogP contribution in [-0.2, 0) is 6.54 Å². The lowest BCUT2D eigenvalue weighted by Gasteiger charge is -2.14. The molecule has 6 nitrogen and oxygen atoms in total. The molecule has 5 rings (SSSR count). The Morgan fingerprint density at radius 3 is 2.45 bits per heavy atom. The molecule has 0 spiro atoms. The summed E-state index contributed by atoms with van der Waals surface area (Å²) in [5.41, 5.74) is 4.15. The molecule has 170 valence electrons. The van der Waals surface area contributed by atoms with Crippen LogP contribution in [0.5, 0.6) is 0 Å². The molecule has 0 bridgehead atoms. The molecule has 2 heterocycles. The van der Waals surface area contributed by atoms with Crippen LogP contribution in [0.1, 0.15) is 63.6 Å². The lowest BCUT2D eigenvalue weighted by Crippen LogP contribution is -2.33. The molecule has 1 saturated heterocycles. The van der Waals surface area contributed by atoms with Crippen LogP contribution in [0.4, 0.5) is 0 Å². The summed E-state index contributed by atoms with van der Waals surface area (Å²) in [5.74, 6) is 0.329. The van der Waals surface area contributed by atoms with Crippen molar-refractivity contribution in [3.8, 4) is 0 Å². The largest absolute Gasteiger partial charge is 0.351 e. The van der Waals surface area contributed by atoms with Gasteiger partial charge < -0.3 is 15.5 Å². The predicted octanol–water partition coefficient (Wildman–Crippen LogP) is 3.87. The van der Waals surface area contributed by atoms with Crippen molar-refractivity contribution < 1.29 is 9.59 Å². The molecule has 2 N–H and O–H groups in total. The molecule has 1 aliphatic carbocycles. The van der Waals surface area contributed by atoms with Gasteiger partial charge in [0.15, 0.2) is 0 Å². The van der Waals surface area contributed by atoms with Crippen LogP contribution < -0.4 is 10.6 Å². The summed E-state index contributed by atoms with van der Waals surface area (Å²) in [4.78, 5) is 32.5. The first-order valence-electron chi connectivity index (χ1n) is 11.9. The standard InChI is InChI=1S/C27H30N4O2/c32-26(28-13-16-31-14-3-4-15-31)21-9-7-19(8-10-21)18-29-27(33)23-17-25(20-11-12-20)30-24-6-2-1-5-22(23)24/h1-2,5-10,17,20H,3-4,11-16,18H2,(H,28,32)(H,29,33). The molecule has 0 radical (unpaired) electrons. The topological polar surface area (TPSA) is 74.3 Å². The summed E-state index contributed by atoms with van der Waals surface area (Å²) < 4.78 is 0. The fourth-order valence-electron chi connectivity index (χ4n) is 4.46. The predicted molar refractivity (Wildman–Crippen MR) is 129 cm³/mol. The van der Waals surface area contributed by atoms with Crippen LogP contribution in [0.25, 0.3) is 10.9 Å². The van der Waals surface area contributed by atoms with Crippen molar-refractivity contribution in [2.45, 2.75) is 38.1 Å². The van der Waals surface area contributed by atoms with Crippen LogP contribution in [0.2, 0.25) is 0 Å². The zero-order chi connectivity index (χ0) is 22.6. The summed E-state index contributed by atoms with van der Waals surface area (Å²) in [6.07, 6.45) is 4.80. The second-order valence-corrected chi connectivity index (χ2v) is 9.07. The highest BCUT2D eigenvalue weighted by Crippen LogP contribution is 2.40. The number of amides is 2. The third-order valence-corrected chi connectivity index (χ3v) is 6.56. The van der Waals surface area contributed by atoms with E-state index in [2.05, 4.69) is 15.5 Å². The maximum absolute atomic E-state index is 13.0. The van der Waals surface area contributed by atoms with Crippen LogP contribution in [-0.4, -0.2) is 47.9 Å². The Hall–Kier alpha value is -3.25. The van der Waals surface area contributed by atoms with E-state index < -0.39 is 0 Å². The van der Waals surface area contributed by atoms with E-state index in [1.165, 1.54) is 12.8 Å². The summed E-state index contributed by atoms with van der Waals surface area (Å²) in [6.45, 7) is 4.24. The fourth-order valence-corrected chi connectivity index (χ4v) is 4.46. The van der Waals surface area contributed by atoms with Gasteiger partial charge in [0.05, 0.1) is 11.1 Å². The molecule has 2 amide bonds. The van der Waals surface area contributed by atoms with Crippen molar-refractivity contribution in [2.75, 3.05) is 26.2 Å². The molecule has 1 aliphatic heterocycles. The Morgan fingerprint density at radius 2 is 1.70 bits per heavy atom. The first-order valence-corrected chi connectivity index (χ1v) is 11.9. The highest BCUT2D eigenvalue weighted by Gasteiger charge is 2.26. The number of fused-ring (bicyclic) bond motifs is 1. The number of nitrogens with one attached hydrogen (secondary N) is 2. The Morgan fingerprint density at radius 1 is 0.939 bits per heavy atom. The Balaban J connectivity index is 1.18. The van der Waals surface area contributed by atoms with Crippen molar-refractivity contribution in [2.24, 2.45) is 0 Å². The monoisotopic (exact) mass is 442 g/mol. The lowest BCUT2D eigenvalue weighted by atomic mass is 10.0. The number of rotatable bonds is 8. The number of pyridine rings is 1. The van der Waals surface area contributed by atoms with Crippen molar-refractivity contribution >= 4 is 22.7 Å². The minimum absolute atomic E-state index is 0.0550. The van der Waals surface area contributed by atoms with E-state index in [1.54, 1.807) is 0 Å². The van der Waals surface area contributed by atoms with Crippen LogP contribution in [0.3, 0.4) is 0 Å². The number of para-hydroxylation sites is 1. The minimum atomic E-state index is -0.0979.